The molecule has 2 N–H and O–H groups in total. The Hall–Kier alpha value is -0.800. The van der Waals surface area contributed by atoms with Gasteiger partial charge >= 0.3 is 0 Å². The van der Waals surface area contributed by atoms with Crippen LogP contribution in [-0.4, -0.2) is 6.61 Å². The molecular formula is C15H27NO2. The summed E-state index contributed by atoms with van der Waals surface area (Å²) in [6.07, 6.45) is 7.76. The maximum Gasteiger partial charge on any atom is 0.130 e. The van der Waals surface area contributed by atoms with E-state index in [2.05, 4.69) is 6.92 Å². The lowest BCUT2D eigenvalue weighted by Gasteiger charge is -2.02. The molecule has 0 aliphatic rings. The smallest absolute Gasteiger partial charge is 0.130 e. The van der Waals surface area contributed by atoms with Crippen LogP contribution in [0.25, 0.3) is 0 Å². The molecule has 3 nitrogen and oxygen atoms in total. The summed E-state index contributed by atoms with van der Waals surface area (Å²) in [7, 11) is 0. The van der Waals surface area contributed by atoms with Gasteiger partial charge in [-0.1, -0.05) is 39.0 Å². The molecule has 0 aromatic carbocycles. The molecule has 0 spiro atoms. The first-order valence-electron chi connectivity index (χ1n) is 7.14. The van der Waals surface area contributed by atoms with Gasteiger partial charge in [0.2, 0.25) is 0 Å². The second-order valence-corrected chi connectivity index (χ2v) is 4.84. The molecule has 0 saturated heterocycles. The minimum absolute atomic E-state index is 0.462. The fourth-order valence-corrected chi connectivity index (χ4v) is 2.02. The van der Waals surface area contributed by atoms with Gasteiger partial charge in [-0.3, -0.25) is 0 Å². The van der Waals surface area contributed by atoms with Gasteiger partial charge < -0.3 is 14.9 Å². The van der Waals surface area contributed by atoms with Crippen molar-refractivity contribution in [2.45, 2.75) is 65.5 Å². The normalized spacial score (nSPS) is 11.1. The third kappa shape index (κ3) is 5.69. The molecule has 0 atom stereocenters. The third-order valence-electron chi connectivity index (χ3n) is 3.14. The summed E-state index contributed by atoms with van der Waals surface area (Å²) in [6, 6.07) is 2.02. The van der Waals surface area contributed by atoms with Gasteiger partial charge in [-0.25, -0.2) is 0 Å². The van der Waals surface area contributed by atoms with Gasteiger partial charge in [-0.2, -0.15) is 0 Å². The Balaban J connectivity index is 2.03. The number of nitrogens with two attached hydrogens (primary N) is 1. The fraction of sp³-hybridized carbons (Fsp3) is 0.733. The highest BCUT2D eigenvalue weighted by atomic mass is 16.5. The van der Waals surface area contributed by atoms with E-state index in [0.29, 0.717) is 13.2 Å². The number of unbranched alkanes of at least 4 members (excludes halogenated alkanes) is 5. The van der Waals surface area contributed by atoms with Crippen molar-refractivity contribution in [3.05, 3.63) is 23.2 Å². The van der Waals surface area contributed by atoms with E-state index in [9.17, 15) is 0 Å². The molecule has 18 heavy (non-hydrogen) atoms. The Morgan fingerprint density at radius 3 is 2.56 bits per heavy atom. The highest BCUT2D eigenvalue weighted by Gasteiger charge is 2.05. The Morgan fingerprint density at radius 2 is 1.89 bits per heavy atom. The highest BCUT2D eigenvalue weighted by molar-refractivity contribution is 5.19. The molecular weight excluding hydrogens is 226 g/mol. The molecule has 0 amide bonds. The van der Waals surface area contributed by atoms with Gasteiger partial charge in [0, 0.05) is 6.61 Å². The molecule has 1 rings (SSSR count). The molecule has 0 unspecified atom stereocenters. The Bertz CT molecular complexity index is 320. The summed E-state index contributed by atoms with van der Waals surface area (Å²) in [5.74, 6) is 1.76. The van der Waals surface area contributed by atoms with E-state index in [-0.39, 0.29) is 0 Å². The molecule has 0 radical (unpaired) electrons. The van der Waals surface area contributed by atoms with Crippen molar-refractivity contribution < 1.29 is 9.15 Å². The number of furan rings is 1. The van der Waals surface area contributed by atoms with E-state index in [1.165, 1.54) is 32.1 Å². The van der Waals surface area contributed by atoms with Crippen LogP contribution >= 0.6 is 0 Å². The van der Waals surface area contributed by atoms with Crippen LogP contribution in [-0.2, 0) is 17.9 Å². The molecule has 0 fully saturated rings. The van der Waals surface area contributed by atoms with Crippen LogP contribution in [0.15, 0.2) is 10.5 Å². The number of ether oxygens (including phenoxy) is 1. The summed E-state index contributed by atoms with van der Waals surface area (Å²) in [5, 5.41) is 0. The minimum Gasteiger partial charge on any atom is -0.462 e. The first-order chi connectivity index (χ1) is 8.77. The predicted octanol–water partition coefficient (Wildman–Crippen LogP) is 3.92. The Morgan fingerprint density at radius 1 is 1.17 bits per heavy atom. The van der Waals surface area contributed by atoms with Crippen LogP contribution in [0.5, 0.6) is 0 Å². The standard InChI is InChI=1S/C15H27NO2/c1-3-4-5-6-7-8-9-17-12-14-10-13(2)15(11-16)18-14/h10H,3-9,11-12,16H2,1-2H3. The van der Waals surface area contributed by atoms with Crippen LogP contribution in [0.4, 0.5) is 0 Å². The largest absolute Gasteiger partial charge is 0.462 e. The Kier molecular flexibility index (Phi) is 7.78. The summed E-state index contributed by atoms with van der Waals surface area (Å²) < 4.78 is 11.2. The molecule has 1 heterocycles. The topological polar surface area (TPSA) is 48.4 Å². The van der Waals surface area contributed by atoms with Crippen LogP contribution in [0, 0.1) is 6.92 Å². The maximum absolute atomic E-state index is 5.60. The predicted molar refractivity (Wildman–Crippen MR) is 74.4 cm³/mol. The van der Waals surface area contributed by atoms with Crippen LogP contribution in [0.1, 0.15) is 62.5 Å². The zero-order valence-corrected chi connectivity index (χ0v) is 11.8. The van der Waals surface area contributed by atoms with E-state index >= 15 is 0 Å². The second kappa shape index (κ2) is 9.17. The monoisotopic (exact) mass is 253 g/mol. The van der Waals surface area contributed by atoms with E-state index in [0.717, 1.165) is 30.1 Å². The molecule has 0 aliphatic heterocycles. The van der Waals surface area contributed by atoms with Gasteiger partial charge in [0.05, 0.1) is 6.54 Å². The van der Waals surface area contributed by atoms with Crippen molar-refractivity contribution in [1.82, 2.24) is 0 Å². The zero-order valence-electron chi connectivity index (χ0n) is 11.8. The fourth-order valence-electron chi connectivity index (χ4n) is 2.02. The third-order valence-corrected chi connectivity index (χ3v) is 3.14. The van der Waals surface area contributed by atoms with Crippen molar-refractivity contribution in [2.75, 3.05) is 6.61 Å². The number of rotatable bonds is 10. The molecule has 0 saturated carbocycles. The maximum atomic E-state index is 5.60. The lowest BCUT2D eigenvalue weighted by atomic mass is 10.1. The molecule has 1 aromatic heterocycles. The molecule has 1 aromatic rings. The van der Waals surface area contributed by atoms with Gasteiger partial charge in [0.1, 0.15) is 18.1 Å². The summed E-state index contributed by atoms with van der Waals surface area (Å²) in [6.45, 7) is 6.11. The number of aryl methyl sites for hydroxylation is 1. The van der Waals surface area contributed by atoms with Crippen molar-refractivity contribution in [1.29, 1.82) is 0 Å². The summed E-state index contributed by atoms with van der Waals surface area (Å²) in [5.41, 5.74) is 6.68. The highest BCUT2D eigenvalue weighted by Crippen LogP contribution is 2.15. The van der Waals surface area contributed by atoms with Crippen molar-refractivity contribution in [2.24, 2.45) is 5.73 Å². The summed E-state index contributed by atoms with van der Waals surface area (Å²) in [4.78, 5) is 0. The SMILES string of the molecule is CCCCCCCCOCc1cc(C)c(CN)o1. The van der Waals surface area contributed by atoms with Crippen LogP contribution in [0.3, 0.4) is 0 Å². The first kappa shape index (κ1) is 15.3. The number of hydrogen-bond donors (Lipinski definition) is 1. The lowest BCUT2D eigenvalue weighted by Crippen LogP contribution is -1.96. The summed E-state index contributed by atoms with van der Waals surface area (Å²) >= 11 is 0. The van der Waals surface area contributed by atoms with Gasteiger partial charge in [-0.05, 0) is 25.0 Å². The molecule has 0 aliphatic carbocycles. The molecule has 3 heteroatoms. The number of hydrogen-bond acceptors (Lipinski definition) is 3. The quantitative estimate of drug-likeness (QED) is 0.643. The molecule has 104 valence electrons. The lowest BCUT2D eigenvalue weighted by molar-refractivity contribution is 0.101. The first-order valence-corrected chi connectivity index (χ1v) is 7.14. The van der Waals surface area contributed by atoms with Gasteiger partial charge in [0.25, 0.3) is 0 Å². The van der Waals surface area contributed by atoms with Crippen LogP contribution < -0.4 is 5.73 Å². The van der Waals surface area contributed by atoms with E-state index < -0.39 is 0 Å². The van der Waals surface area contributed by atoms with E-state index in [1.54, 1.807) is 0 Å². The minimum atomic E-state index is 0.462. The second-order valence-electron chi connectivity index (χ2n) is 4.84. The average Bonchev–Trinajstić information content (AvgIpc) is 2.73. The van der Waals surface area contributed by atoms with Crippen molar-refractivity contribution >= 4 is 0 Å². The van der Waals surface area contributed by atoms with E-state index in [4.69, 9.17) is 14.9 Å². The van der Waals surface area contributed by atoms with Crippen molar-refractivity contribution in [3.8, 4) is 0 Å². The van der Waals surface area contributed by atoms with Gasteiger partial charge in [0.15, 0.2) is 0 Å². The zero-order chi connectivity index (χ0) is 13.2. The van der Waals surface area contributed by atoms with E-state index in [1.807, 2.05) is 13.0 Å². The Labute approximate surface area is 111 Å². The van der Waals surface area contributed by atoms with Crippen molar-refractivity contribution in [3.63, 3.8) is 0 Å². The molecule has 0 bridgehead atoms. The van der Waals surface area contributed by atoms with Gasteiger partial charge in [-0.15, -0.1) is 0 Å². The average molecular weight is 253 g/mol. The van der Waals surface area contributed by atoms with Crippen LogP contribution in [0.2, 0.25) is 0 Å².